The number of carbonyl (C=O) groups is 1. The molecule has 1 aliphatic heterocycles. The van der Waals surface area contributed by atoms with Gasteiger partial charge in [0.05, 0.1) is 35.9 Å². The Hall–Kier alpha value is -2.38. The number of anilines is 1. The predicted molar refractivity (Wildman–Crippen MR) is 137 cm³/mol. The Morgan fingerprint density at radius 3 is 2.42 bits per heavy atom. The third-order valence-corrected chi connectivity index (χ3v) is 8.97. The lowest BCUT2D eigenvalue weighted by molar-refractivity contribution is 0.0387. The Morgan fingerprint density at radius 2 is 1.83 bits per heavy atom. The number of fused-ring (bicyclic) bond motifs is 1. The molecule has 1 aliphatic rings. The minimum absolute atomic E-state index is 0.00514. The van der Waals surface area contributed by atoms with Crippen molar-refractivity contribution in [2.45, 2.75) is 30.9 Å². The number of rotatable bonds is 8. The van der Waals surface area contributed by atoms with Crippen molar-refractivity contribution in [2.24, 2.45) is 5.92 Å². The van der Waals surface area contributed by atoms with Crippen LogP contribution in [0.25, 0.3) is 0 Å². The molecule has 0 spiro atoms. The quantitative estimate of drug-likeness (QED) is 0.506. The van der Waals surface area contributed by atoms with Gasteiger partial charge in [-0.1, -0.05) is 18.5 Å². The van der Waals surface area contributed by atoms with E-state index in [2.05, 4.69) is 4.72 Å². The lowest BCUT2D eigenvalue weighted by atomic mass is 9.99. The number of benzene rings is 2. The van der Waals surface area contributed by atoms with E-state index in [0.717, 1.165) is 6.26 Å². The number of ether oxygens (including phenoxy) is 1. The summed E-state index contributed by atoms with van der Waals surface area (Å²) in [4.78, 5) is 15.0. The standard InChI is InChI=1S/C23H30ClN3O7S2/c1-15-12-27(16(2)14-28)23(29)20-11-18(25-36(32,33)19-8-5-17(24)6-9-19)7-10-21(20)34-22(15)13-26(3)35(4,30)31/h5-11,15-16,22,25,28H,12-14H2,1-4H3/t15-,16-,22-/m0/s1. The summed E-state index contributed by atoms with van der Waals surface area (Å²) in [7, 11) is -6.00. The van der Waals surface area contributed by atoms with Crippen LogP contribution in [0.4, 0.5) is 5.69 Å². The van der Waals surface area contributed by atoms with E-state index in [4.69, 9.17) is 16.3 Å². The molecule has 2 aromatic rings. The lowest BCUT2D eigenvalue weighted by Crippen LogP contribution is -2.50. The summed E-state index contributed by atoms with van der Waals surface area (Å²) < 4.78 is 59.4. The second-order valence-electron chi connectivity index (χ2n) is 8.94. The molecule has 0 saturated carbocycles. The Labute approximate surface area is 216 Å². The third-order valence-electron chi connectivity index (χ3n) is 6.04. The van der Waals surface area contributed by atoms with Crippen molar-refractivity contribution in [3.63, 3.8) is 0 Å². The van der Waals surface area contributed by atoms with Gasteiger partial charge >= 0.3 is 0 Å². The maximum atomic E-state index is 13.5. The van der Waals surface area contributed by atoms with Crippen molar-refractivity contribution < 1.29 is 31.5 Å². The van der Waals surface area contributed by atoms with Gasteiger partial charge in [0.1, 0.15) is 11.9 Å². The minimum atomic E-state index is -3.96. The largest absolute Gasteiger partial charge is 0.488 e. The fraction of sp³-hybridized carbons (Fsp3) is 0.435. The fourth-order valence-corrected chi connectivity index (χ4v) is 5.31. The van der Waals surface area contributed by atoms with Crippen molar-refractivity contribution in [1.29, 1.82) is 0 Å². The van der Waals surface area contributed by atoms with Crippen molar-refractivity contribution in [1.82, 2.24) is 9.21 Å². The van der Waals surface area contributed by atoms with E-state index in [1.165, 1.54) is 58.7 Å². The highest BCUT2D eigenvalue weighted by Crippen LogP contribution is 2.31. The third kappa shape index (κ3) is 6.48. The molecule has 3 rings (SSSR count). The highest BCUT2D eigenvalue weighted by atomic mass is 35.5. The summed E-state index contributed by atoms with van der Waals surface area (Å²) >= 11 is 5.85. The molecular formula is C23H30ClN3O7S2. The van der Waals surface area contributed by atoms with Gasteiger partial charge in [-0.05, 0) is 49.4 Å². The zero-order valence-corrected chi connectivity index (χ0v) is 22.8. The molecule has 2 N–H and O–H groups in total. The first-order valence-electron chi connectivity index (χ1n) is 11.1. The monoisotopic (exact) mass is 559 g/mol. The normalized spacial score (nSPS) is 19.8. The van der Waals surface area contributed by atoms with Gasteiger partial charge in [0.2, 0.25) is 10.0 Å². The van der Waals surface area contributed by atoms with E-state index in [9.17, 15) is 26.7 Å². The zero-order valence-electron chi connectivity index (χ0n) is 20.4. The number of hydrogen-bond acceptors (Lipinski definition) is 7. The lowest BCUT2D eigenvalue weighted by Gasteiger charge is -2.38. The van der Waals surface area contributed by atoms with Crippen LogP contribution >= 0.6 is 11.6 Å². The molecule has 198 valence electrons. The number of amides is 1. The van der Waals surface area contributed by atoms with Gasteiger partial charge in [-0.2, -0.15) is 0 Å². The molecule has 0 radical (unpaired) electrons. The molecular weight excluding hydrogens is 530 g/mol. The second kappa shape index (κ2) is 10.9. The average Bonchev–Trinajstić information content (AvgIpc) is 2.80. The molecule has 0 bridgehead atoms. The fourth-order valence-electron chi connectivity index (χ4n) is 3.72. The predicted octanol–water partition coefficient (Wildman–Crippen LogP) is 2.25. The topological polar surface area (TPSA) is 133 Å². The first-order valence-corrected chi connectivity index (χ1v) is 14.9. The summed E-state index contributed by atoms with van der Waals surface area (Å²) in [6.45, 7) is 3.48. The van der Waals surface area contributed by atoms with Gasteiger partial charge in [-0.15, -0.1) is 0 Å². The van der Waals surface area contributed by atoms with E-state index >= 15 is 0 Å². The molecule has 36 heavy (non-hydrogen) atoms. The number of likely N-dealkylation sites (N-methyl/N-ethyl adjacent to an activating group) is 1. The minimum Gasteiger partial charge on any atom is -0.488 e. The van der Waals surface area contributed by atoms with Crippen LogP contribution in [0.1, 0.15) is 24.2 Å². The number of hydrogen-bond donors (Lipinski definition) is 2. The van der Waals surface area contributed by atoms with E-state index in [-0.39, 0.29) is 47.5 Å². The summed E-state index contributed by atoms with van der Waals surface area (Å²) in [6.07, 6.45) is 0.485. The van der Waals surface area contributed by atoms with E-state index in [1.807, 2.05) is 6.92 Å². The number of nitrogens with zero attached hydrogens (tertiary/aromatic N) is 2. The van der Waals surface area contributed by atoms with Gasteiger partial charge in [-0.25, -0.2) is 21.1 Å². The van der Waals surface area contributed by atoms with Gasteiger partial charge in [0.25, 0.3) is 15.9 Å². The van der Waals surface area contributed by atoms with Gasteiger partial charge < -0.3 is 14.7 Å². The van der Waals surface area contributed by atoms with E-state index in [0.29, 0.717) is 5.02 Å². The number of aliphatic hydroxyl groups excluding tert-OH is 1. The summed E-state index contributed by atoms with van der Waals surface area (Å²) in [5.41, 5.74) is 0.223. The summed E-state index contributed by atoms with van der Waals surface area (Å²) in [5.74, 6) is -0.535. The van der Waals surface area contributed by atoms with Gasteiger partial charge in [-0.3, -0.25) is 9.52 Å². The Bertz CT molecular complexity index is 1320. The van der Waals surface area contributed by atoms with Crippen molar-refractivity contribution >= 4 is 43.2 Å². The van der Waals surface area contributed by atoms with Crippen LogP contribution in [0.15, 0.2) is 47.4 Å². The molecule has 1 heterocycles. The van der Waals surface area contributed by atoms with Crippen LogP contribution in [0.2, 0.25) is 5.02 Å². The molecule has 1 amide bonds. The molecule has 13 heteroatoms. The van der Waals surface area contributed by atoms with Crippen LogP contribution < -0.4 is 9.46 Å². The Balaban J connectivity index is 2.01. The van der Waals surface area contributed by atoms with Crippen LogP contribution in [0.3, 0.4) is 0 Å². The molecule has 10 nitrogen and oxygen atoms in total. The molecule has 0 saturated heterocycles. The second-order valence-corrected chi connectivity index (χ2v) is 13.1. The van der Waals surface area contributed by atoms with Crippen molar-refractivity contribution in [2.75, 3.05) is 37.7 Å². The molecule has 0 aliphatic carbocycles. The molecule has 3 atom stereocenters. The maximum absolute atomic E-state index is 13.5. The SMILES string of the molecule is C[C@H]1CN([C@@H](C)CO)C(=O)c2cc(NS(=O)(=O)c3ccc(Cl)cc3)ccc2O[C@H]1CN(C)S(C)(=O)=O. The van der Waals surface area contributed by atoms with Crippen LogP contribution in [-0.2, 0) is 20.0 Å². The maximum Gasteiger partial charge on any atom is 0.261 e. The van der Waals surface area contributed by atoms with Crippen molar-refractivity contribution in [3.8, 4) is 5.75 Å². The zero-order chi connectivity index (χ0) is 26.8. The number of sulfonamides is 2. The Kier molecular flexibility index (Phi) is 8.56. The summed E-state index contributed by atoms with van der Waals surface area (Å²) in [6, 6.07) is 9.41. The van der Waals surface area contributed by atoms with E-state index in [1.54, 1.807) is 6.92 Å². The molecule has 0 unspecified atom stereocenters. The van der Waals surface area contributed by atoms with Crippen LogP contribution in [-0.4, -0.2) is 82.2 Å². The van der Waals surface area contributed by atoms with Gasteiger partial charge in [0, 0.05) is 30.2 Å². The number of halogens is 1. The average molecular weight is 560 g/mol. The number of nitrogens with one attached hydrogen (secondary N) is 1. The van der Waals surface area contributed by atoms with Gasteiger partial charge in [0.15, 0.2) is 0 Å². The highest BCUT2D eigenvalue weighted by molar-refractivity contribution is 7.92. The number of carbonyl (C=O) groups excluding carboxylic acids is 1. The Morgan fingerprint density at radius 1 is 1.19 bits per heavy atom. The van der Waals surface area contributed by atoms with Crippen LogP contribution in [0, 0.1) is 5.92 Å². The first-order chi connectivity index (χ1) is 16.7. The first kappa shape index (κ1) is 28.2. The smallest absolute Gasteiger partial charge is 0.261 e. The number of aliphatic hydroxyl groups is 1. The van der Waals surface area contributed by atoms with Crippen LogP contribution in [0.5, 0.6) is 5.75 Å². The molecule has 2 aromatic carbocycles. The molecule has 0 fully saturated rings. The van der Waals surface area contributed by atoms with Crippen molar-refractivity contribution in [3.05, 3.63) is 53.1 Å². The van der Waals surface area contributed by atoms with E-state index < -0.39 is 38.1 Å². The molecule has 0 aromatic heterocycles. The highest BCUT2D eigenvalue weighted by Gasteiger charge is 2.34. The summed E-state index contributed by atoms with van der Waals surface area (Å²) in [5, 5.41) is 10.1.